The van der Waals surface area contributed by atoms with Gasteiger partial charge in [-0.15, -0.1) is 0 Å². The monoisotopic (exact) mass is 1230 g/mol. The van der Waals surface area contributed by atoms with Crippen LogP contribution in [0.2, 0.25) is 0 Å². The lowest BCUT2D eigenvalue weighted by Gasteiger charge is -2.21. The van der Waals surface area contributed by atoms with Crippen LogP contribution in [-0.4, -0.2) is 96.7 Å². The molecule has 17 nitrogen and oxygen atoms in total. The van der Waals surface area contributed by atoms with Crippen LogP contribution in [0.5, 0.6) is 0 Å². The van der Waals surface area contributed by atoms with E-state index < -0.39 is 97.5 Å². The van der Waals surface area contributed by atoms with Gasteiger partial charge in [-0.1, -0.05) is 266 Å². The number of phosphoric ester groups is 2. The topological polar surface area (TPSA) is 237 Å². The minimum absolute atomic E-state index is 0.104. The highest BCUT2D eigenvalue weighted by Gasteiger charge is 2.30. The number of esters is 4. The third-order valence-electron chi connectivity index (χ3n) is 15.4. The molecule has 0 heterocycles. The van der Waals surface area contributed by atoms with Gasteiger partial charge < -0.3 is 33.8 Å². The van der Waals surface area contributed by atoms with Gasteiger partial charge in [-0.25, -0.2) is 9.13 Å². The summed E-state index contributed by atoms with van der Waals surface area (Å²) in [6.07, 6.45) is 39.1. The van der Waals surface area contributed by atoms with Gasteiger partial charge in [0.2, 0.25) is 0 Å². The molecule has 0 aliphatic rings. The van der Waals surface area contributed by atoms with Crippen LogP contribution in [-0.2, 0) is 65.4 Å². The second-order valence-corrected chi connectivity index (χ2v) is 26.5. The Kier molecular flexibility index (Phi) is 55.2. The molecule has 0 aliphatic carbocycles. The van der Waals surface area contributed by atoms with Crippen molar-refractivity contribution < 1.29 is 80.2 Å². The van der Waals surface area contributed by atoms with Crippen LogP contribution in [0.4, 0.5) is 0 Å². The van der Waals surface area contributed by atoms with E-state index in [-0.39, 0.29) is 25.7 Å². The number of aliphatic hydroxyl groups excluding tert-OH is 1. The standard InChI is InChI=1S/C64H124O17P2/c1-7-11-13-15-17-28-36-42-48-63(68)80-59(52-74-61(66)46-40-34-26-16-14-12-8-2)54-78-82(70,71)76-50-58(65)51-77-83(72,73)79-55-60(53-75-62(67)47-41-35-31-30-33-39-45-57(6)10-4)81-64(69)49-43-37-29-25-23-21-19-18-20-22-24-27-32-38-44-56(5)9-3/h56-60,65H,7-55H2,1-6H3,(H,70,71)(H,72,73)/t56?,57?,58-,59+,60+/m0/s1. The largest absolute Gasteiger partial charge is 0.472 e. The zero-order valence-electron chi connectivity index (χ0n) is 53.5. The predicted octanol–water partition coefficient (Wildman–Crippen LogP) is 17.7. The second kappa shape index (κ2) is 56.6. The van der Waals surface area contributed by atoms with Crippen molar-refractivity contribution in [2.24, 2.45) is 11.8 Å². The van der Waals surface area contributed by atoms with Crippen LogP contribution in [0, 0.1) is 11.8 Å². The Labute approximate surface area is 505 Å². The fourth-order valence-corrected chi connectivity index (χ4v) is 11.0. The minimum Gasteiger partial charge on any atom is -0.462 e. The fraction of sp³-hybridized carbons (Fsp3) is 0.938. The lowest BCUT2D eigenvalue weighted by atomic mass is 9.99. The number of hydrogen-bond donors (Lipinski definition) is 3. The molecule has 0 rings (SSSR count). The molecular weight excluding hydrogens is 1100 g/mol. The number of rotatable bonds is 63. The molecule has 19 heteroatoms. The quantitative estimate of drug-likeness (QED) is 0.0222. The Morgan fingerprint density at radius 2 is 0.578 bits per heavy atom. The molecule has 0 aromatic carbocycles. The van der Waals surface area contributed by atoms with Crippen LogP contribution < -0.4 is 0 Å². The summed E-state index contributed by atoms with van der Waals surface area (Å²) < 4.78 is 67.8. The van der Waals surface area contributed by atoms with Gasteiger partial charge in [-0.05, 0) is 37.5 Å². The SMILES string of the molecule is CCCCCCCCCCC(=O)O[C@H](COC(=O)CCCCCCCCC)COP(=O)(O)OC[C@H](O)COP(=O)(O)OC[C@@H](COC(=O)CCCCCCCCC(C)CC)OC(=O)CCCCCCCCCCCCCCCCC(C)CC. The highest BCUT2D eigenvalue weighted by Crippen LogP contribution is 2.45. The van der Waals surface area contributed by atoms with E-state index >= 15 is 0 Å². The molecule has 83 heavy (non-hydrogen) atoms. The number of aliphatic hydroxyl groups is 1. The van der Waals surface area contributed by atoms with E-state index in [1.54, 1.807) is 0 Å². The van der Waals surface area contributed by atoms with E-state index in [0.29, 0.717) is 25.7 Å². The fourth-order valence-electron chi connectivity index (χ4n) is 9.47. The minimum atomic E-state index is -4.94. The molecule has 0 amide bonds. The molecule has 0 fully saturated rings. The highest BCUT2D eigenvalue weighted by molar-refractivity contribution is 7.47. The maximum atomic E-state index is 13.0. The number of carbonyl (C=O) groups is 4. The molecule has 0 radical (unpaired) electrons. The highest BCUT2D eigenvalue weighted by atomic mass is 31.2. The Hall–Kier alpha value is -1.94. The third-order valence-corrected chi connectivity index (χ3v) is 17.3. The van der Waals surface area contributed by atoms with Crippen molar-refractivity contribution in [3.05, 3.63) is 0 Å². The molecule has 492 valence electrons. The van der Waals surface area contributed by atoms with E-state index in [1.807, 2.05) is 0 Å². The molecule has 0 aromatic heterocycles. The molecular formula is C64H124O17P2. The summed E-state index contributed by atoms with van der Waals surface area (Å²) in [4.78, 5) is 72.0. The molecule has 4 unspecified atom stereocenters. The normalized spacial score (nSPS) is 15.0. The van der Waals surface area contributed by atoms with Gasteiger partial charge in [0.15, 0.2) is 12.2 Å². The Morgan fingerprint density at radius 1 is 0.337 bits per heavy atom. The molecule has 0 bridgehead atoms. The lowest BCUT2D eigenvalue weighted by Crippen LogP contribution is -2.30. The Morgan fingerprint density at radius 3 is 0.855 bits per heavy atom. The van der Waals surface area contributed by atoms with Crippen LogP contribution in [0.1, 0.15) is 318 Å². The molecule has 0 spiro atoms. The lowest BCUT2D eigenvalue weighted by molar-refractivity contribution is -0.161. The predicted molar refractivity (Wildman–Crippen MR) is 331 cm³/mol. The van der Waals surface area contributed by atoms with E-state index in [0.717, 1.165) is 127 Å². The molecule has 0 aliphatic heterocycles. The van der Waals surface area contributed by atoms with Gasteiger partial charge in [0.05, 0.1) is 26.4 Å². The first kappa shape index (κ1) is 81.1. The maximum absolute atomic E-state index is 13.0. The number of hydrogen-bond acceptors (Lipinski definition) is 15. The van der Waals surface area contributed by atoms with Crippen molar-refractivity contribution in [2.45, 2.75) is 336 Å². The summed E-state index contributed by atoms with van der Waals surface area (Å²) >= 11 is 0. The van der Waals surface area contributed by atoms with E-state index in [9.17, 15) is 43.2 Å². The van der Waals surface area contributed by atoms with Crippen LogP contribution in [0.3, 0.4) is 0 Å². The summed E-state index contributed by atoms with van der Waals surface area (Å²) in [5, 5.41) is 10.5. The molecule has 7 atom stereocenters. The van der Waals surface area contributed by atoms with Gasteiger partial charge in [0, 0.05) is 25.7 Å². The Bertz CT molecular complexity index is 1640. The third kappa shape index (κ3) is 56.3. The number of carbonyl (C=O) groups excluding carboxylic acids is 4. The summed E-state index contributed by atoms with van der Waals surface area (Å²) in [6, 6.07) is 0. The smallest absolute Gasteiger partial charge is 0.462 e. The summed E-state index contributed by atoms with van der Waals surface area (Å²) in [5.74, 6) is -0.565. The van der Waals surface area contributed by atoms with Crippen molar-refractivity contribution in [3.8, 4) is 0 Å². The van der Waals surface area contributed by atoms with E-state index in [4.69, 9.17) is 37.0 Å². The zero-order valence-corrected chi connectivity index (χ0v) is 55.3. The molecule has 0 saturated heterocycles. The van der Waals surface area contributed by atoms with E-state index in [1.165, 1.54) is 109 Å². The summed E-state index contributed by atoms with van der Waals surface area (Å²) in [5.41, 5.74) is 0. The van der Waals surface area contributed by atoms with Crippen molar-refractivity contribution in [3.63, 3.8) is 0 Å². The van der Waals surface area contributed by atoms with Crippen molar-refractivity contribution in [2.75, 3.05) is 39.6 Å². The van der Waals surface area contributed by atoms with Gasteiger partial charge in [-0.2, -0.15) is 0 Å². The second-order valence-electron chi connectivity index (χ2n) is 23.6. The zero-order chi connectivity index (χ0) is 61.5. The first-order chi connectivity index (χ1) is 39.9. The van der Waals surface area contributed by atoms with Crippen molar-refractivity contribution in [1.82, 2.24) is 0 Å². The van der Waals surface area contributed by atoms with Gasteiger partial charge in [0.25, 0.3) is 0 Å². The van der Waals surface area contributed by atoms with Gasteiger partial charge >= 0.3 is 39.5 Å². The van der Waals surface area contributed by atoms with Crippen molar-refractivity contribution >= 4 is 39.5 Å². The van der Waals surface area contributed by atoms with Crippen LogP contribution in [0.15, 0.2) is 0 Å². The average molecular weight is 1230 g/mol. The summed E-state index contributed by atoms with van der Waals surface area (Å²) in [7, 11) is -9.88. The average Bonchev–Trinajstić information content (AvgIpc) is 3.47. The Balaban J connectivity index is 5.16. The first-order valence-corrected chi connectivity index (χ1v) is 36.6. The number of ether oxygens (including phenoxy) is 4. The molecule has 0 saturated carbocycles. The number of unbranched alkanes of at least 4 members (excludes halogenated alkanes) is 31. The van der Waals surface area contributed by atoms with E-state index in [2.05, 4.69) is 41.5 Å². The van der Waals surface area contributed by atoms with Gasteiger partial charge in [-0.3, -0.25) is 37.3 Å². The van der Waals surface area contributed by atoms with Crippen LogP contribution >= 0.6 is 15.6 Å². The first-order valence-electron chi connectivity index (χ1n) is 33.6. The van der Waals surface area contributed by atoms with Crippen LogP contribution in [0.25, 0.3) is 0 Å². The van der Waals surface area contributed by atoms with Gasteiger partial charge in [0.1, 0.15) is 19.3 Å². The summed E-state index contributed by atoms with van der Waals surface area (Å²) in [6.45, 7) is 9.44. The number of phosphoric acid groups is 2. The molecule has 3 N–H and O–H groups in total. The molecule has 0 aromatic rings. The maximum Gasteiger partial charge on any atom is 0.472 e. The van der Waals surface area contributed by atoms with Crippen molar-refractivity contribution in [1.29, 1.82) is 0 Å².